The number of halogens is 1. The van der Waals surface area contributed by atoms with Crippen molar-refractivity contribution in [3.05, 3.63) is 89.0 Å². The normalized spacial score (nSPS) is 13.9. The standard InChI is InChI=1S/C16H14ClN3/c17-14-8-6-13(7-9-14)16(18,15-19-10-11-20-15)12-4-2-1-3-5-12/h1-11H,18H2,(H,19,20). The van der Waals surface area contributed by atoms with Crippen LogP contribution in [0, 0.1) is 0 Å². The van der Waals surface area contributed by atoms with Crippen molar-refractivity contribution in [2.24, 2.45) is 5.73 Å². The molecular weight excluding hydrogens is 270 g/mol. The molecule has 3 aromatic rings. The summed E-state index contributed by atoms with van der Waals surface area (Å²) in [6, 6.07) is 17.4. The first kappa shape index (κ1) is 12.9. The van der Waals surface area contributed by atoms with Crippen molar-refractivity contribution in [2.75, 3.05) is 0 Å². The van der Waals surface area contributed by atoms with Gasteiger partial charge in [-0.1, -0.05) is 54.1 Å². The summed E-state index contributed by atoms with van der Waals surface area (Å²) in [6.45, 7) is 0. The lowest BCUT2D eigenvalue weighted by Gasteiger charge is -2.28. The van der Waals surface area contributed by atoms with E-state index in [1.54, 1.807) is 12.4 Å². The Kier molecular flexibility index (Phi) is 3.30. The highest BCUT2D eigenvalue weighted by Crippen LogP contribution is 2.32. The van der Waals surface area contributed by atoms with Gasteiger partial charge in [-0.05, 0) is 23.3 Å². The number of nitrogens with two attached hydrogens (primary N) is 1. The Morgan fingerprint density at radius 3 is 2.20 bits per heavy atom. The van der Waals surface area contributed by atoms with E-state index in [0.717, 1.165) is 11.1 Å². The van der Waals surface area contributed by atoms with Gasteiger partial charge in [0.1, 0.15) is 11.4 Å². The number of benzene rings is 2. The summed E-state index contributed by atoms with van der Waals surface area (Å²) >= 11 is 5.97. The highest BCUT2D eigenvalue weighted by Gasteiger charge is 2.34. The molecule has 4 heteroatoms. The molecule has 1 heterocycles. The van der Waals surface area contributed by atoms with E-state index in [4.69, 9.17) is 17.3 Å². The van der Waals surface area contributed by atoms with Crippen molar-refractivity contribution in [3.8, 4) is 0 Å². The van der Waals surface area contributed by atoms with Gasteiger partial charge in [-0.3, -0.25) is 0 Å². The summed E-state index contributed by atoms with van der Waals surface area (Å²) in [5.74, 6) is 0.700. The van der Waals surface area contributed by atoms with E-state index in [0.29, 0.717) is 10.8 Å². The molecule has 0 aliphatic heterocycles. The van der Waals surface area contributed by atoms with Gasteiger partial charge in [0.15, 0.2) is 0 Å². The van der Waals surface area contributed by atoms with Crippen LogP contribution in [0.4, 0.5) is 0 Å². The second-order valence-electron chi connectivity index (χ2n) is 4.62. The smallest absolute Gasteiger partial charge is 0.135 e. The van der Waals surface area contributed by atoms with Crippen LogP contribution in [0.2, 0.25) is 5.02 Å². The maximum Gasteiger partial charge on any atom is 0.135 e. The van der Waals surface area contributed by atoms with Gasteiger partial charge in [-0.25, -0.2) is 4.98 Å². The molecule has 0 aliphatic rings. The van der Waals surface area contributed by atoms with Gasteiger partial charge in [0.25, 0.3) is 0 Å². The van der Waals surface area contributed by atoms with Crippen LogP contribution in [0.25, 0.3) is 0 Å². The Morgan fingerprint density at radius 1 is 0.950 bits per heavy atom. The minimum Gasteiger partial charge on any atom is -0.346 e. The lowest BCUT2D eigenvalue weighted by atomic mass is 9.83. The molecule has 0 radical (unpaired) electrons. The van der Waals surface area contributed by atoms with E-state index < -0.39 is 5.54 Å². The van der Waals surface area contributed by atoms with Crippen LogP contribution in [0.3, 0.4) is 0 Å². The van der Waals surface area contributed by atoms with Crippen molar-refractivity contribution in [3.63, 3.8) is 0 Å². The molecule has 1 atom stereocenters. The summed E-state index contributed by atoms with van der Waals surface area (Å²) < 4.78 is 0. The van der Waals surface area contributed by atoms with Crippen molar-refractivity contribution in [1.82, 2.24) is 9.97 Å². The lowest BCUT2D eigenvalue weighted by Crippen LogP contribution is -2.40. The largest absolute Gasteiger partial charge is 0.346 e. The predicted octanol–water partition coefficient (Wildman–Crippen LogP) is 3.31. The minimum atomic E-state index is -0.824. The SMILES string of the molecule is NC(c1ccccc1)(c1ccc(Cl)cc1)c1ncc[nH]1. The Hall–Kier alpha value is -2.10. The number of imidazole rings is 1. The molecule has 0 saturated carbocycles. The topological polar surface area (TPSA) is 54.7 Å². The number of nitrogens with zero attached hydrogens (tertiary/aromatic N) is 1. The molecule has 0 aliphatic carbocycles. The number of aromatic amines is 1. The van der Waals surface area contributed by atoms with Crippen molar-refractivity contribution >= 4 is 11.6 Å². The van der Waals surface area contributed by atoms with E-state index in [9.17, 15) is 0 Å². The van der Waals surface area contributed by atoms with E-state index in [1.165, 1.54) is 0 Å². The predicted molar refractivity (Wildman–Crippen MR) is 80.6 cm³/mol. The summed E-state index contributed by atoms with van der Waals surface area (Å²) in [6.07, 6.45) is 3.48. The first-order valence-electron chi connectivity index (χ1n) is 6.31. The molecule has 0 saturated heterocycles. The van der Waals surface area contributed by atoms with Gasteiger partial charge in [0.2, 0.25) is 0 Å². The van der Waals surface area contributed by atoms with Crippen LogP contribution in [-0.2, 0) is 5.54 Å². The minimum absolute atomic E-state index is 0.684. The monoisotopic (exact) mass is 283 g/mol. The molecule has 1 aromatic heterocycles. The van der Waals surface area contributed by atoms with E-state index in [1.807, 2.05) is 54.6 Å². The van der Waals surface area contributed by atoms with Crippen LogP contribution >= 0.6 is 11.6 Å². The molecule has 20 heavy (non-hydrogen) atoms. The van der Waals surface area contributed by atoms with Crippen LogP contribution in [0.5, 0.6) is 0 Å². The highest BCUT2D eigenvalue weighted by atomic mass is 35.5. The second-order valence-corrected chi connectivity index (χ2v) is 5.06. The lowest BCUT2D eigenvalue weighted by molar-refractivity contribution is 0.610. The van der Waals surface area contributed by atoms with Gasteiger partial charge in [0, 0.05) is 17.4 Å². The number of H-pyrrole nitrogens is 1. The maximum atomic E-state index is 6.72. The fraction of sp³-hybridized carbons (Fsp3) is 0.0625. The number of nitrogens with one attached hydrogen (secondary N) is 1. The summed E-state index contributed by atoms with van der Waals surface area (Å²) in [5.41, 5.74) is 7.80. The zero-order valence-electron chi connectivity index (χ0n) is 10.8. The van der Waals surface area contributed by atoms with E-state index >= 15 is 0 Å². The van der Waals surface area contributed by atoms with Crippen LogP contribution < -0.4 is 5.73 Å². The van der Waals surface area contributed by atoms with Crippen molar-refractivity contribution in [2.45, 2.75) is 5.54 Å². The molecule has 0 amide bonds. The third-order valence-corrected chi connectivity index (χ3v) is 3.65. The van der Waals surface area contributed by atoms with Crippen LogP contribution in [0.1, 0.15) is 17.0 Å². The Labute approximate surface area is 122 Å². The average Bonchev–Trinajstić information content (AvgIpc) is 3.03. The van der Waals surface area contributed by atoms with Gasteiger partial charge >= 0.3 is 0 Å². The molecule has 0 bridgehead atoms. The Balaban J connectivity index is 2.21. The summed E-state index contributed by atoms with van der Waals surface area (Å²) in [5, 5.41) is 0.684. The summed E-state index contributed by atoms with van der Waals surface area (Å²) in [4.78, 5) is 7.47. The van der Waals surface area contributed by atoms with Crippen LogP contribution in [0.15, 0.2) is 67.0 Å². The number of hydrogen-bond donors (Lipinski definition) is 2. The Bertz CT molecular complexity index is 678. The number of rotatable bonds is 3. The van der Waals surface area contributed by atoms with Gasteiger partial charge in [-0.15, -0.1) is 0 Å². The molecule has 3 nitrogen and oxygen atoms in total. The van der Waals surface area contributed by atoms with E-state index in [2.05, 4.69) is 9.97 Å². The quantitative estimate of drug-likeness (QED) is 0.775. The fourth-order valence-corrected chi connectivity index (χ4v) is 2.46. The highest BCUT2D eigenvalue weighted by molar-refractivity contribution is 6.30. The maximum absolute atomic E-state index is 6.72. The Morgan fingerprint density at radius 2 is 1.60 bits per heavy atom. The van der Waals surface area contributed by atoms with Crippen molar-refractivity contribution < 1.29 is 0 Å². The van der Waals surface area contributed by atoms with E-state index in [-0.39, 0.29) is 0 Å². The van der Waals surface area contributed by atoms with Crippen LogP contribution in [-0.4, -0.2) is 9.97 Å². The molecule has 0 fully saturated rings. The molecule has 2 aromatic carbocycles. The first-order chi connectivity index (χ1) is 9.71. The fourth-order valence-electron chi connectivity index (χ4n) is 2.33. The third-order valence-electron chi connectivity index (χ3n) is 3.40. The molecule has 3 N–H and O–H groups in total. The molecule has 0 spiro atoms. The van der Waals surface area contributed by atoms with Gasteiger partial charge in [0.05, 0.1) is 0 Å². The zero-order chi connectivity index (χ0) is 14.0. The second kappa shape index (κ2) is 5.12. The molecular formula is C16H14ClN3. The first-order valence-corrected chi connectivity index (χ1v) is 6.69. The third kappa shape index (κ3) is 2.11. The number of aromatic nitrogens is 2. The molecule has 1 unspecified atom stereocenters. The molecule has 3 rings (SSSR count). The average molecular weight is 284 g/mol. The number of hydrogen-bond acceptors (Lipinski definition) is 2. The van der Waals surface area contributed by atoms with Crippen molar-refractivity contribution in [1.29, 1.82) is 0 Å². The zero-order valence-corrected chi connectivity index (χ0v) is 11.5. The molecule has 100 valence electrons. The van der Waals surface area contributed by atoms with Gasteiger partial charge < -0.3 is 10.7 Å². The van der Waals surface area contributed by atoms with Gasteiger partial charge in [-0.2, -0.15) is 0 Å². The summed E-state index contributed by atoms with van der Waals surface area (Å²) in [7, 11) is 0.